The van der Waals surface area contributed by atoms with E-state index in [2.05, 4.69) is 10.5 Å². The van der Waals surface area contributed by atoms with Gasteiger partial charge in [-0.25, -0.2) is 9.82 Å². The van der Waals surface area contributed by atoms with Crippen LogP contribution in [0.3, 0.4) is 0 Å². The maximum absolute atomic E-state index is 12.9. The number of carbonyl (C=O) groups is 1. The van der Waals surface area contributed by atoms with Crippen LogP contribution in [-0.2, 0) is 6.54 Å². The van der Waals surface area contributed by atoms with Crippen molar-refractivity contribution >= 4 is 12.1 Å². The number of hydrogen-bond acceptors (Lipinski definition) is 4. The first-order valence-corrected chi connectivity index (χ1v) is 8.48. The third kappa shape index (κ3) is 4.70. The summed E-state index contributed by atoms with van der Waals surface area (Å²) in [6.45, 7) is 0.322. The molecule has 1 amide bonds. The average Bonchev–Trinajstić information content (AvgIpc) is 2.71. The predicted molar refractivity (Wildman–Crippen MR) is 104 cm³/mol. The van der Waals surface area contributed by atoms with Crippen LogP contribution in [-0.4, -0.2) is 23.8 Å². The first-order chi connectivity index (χ1) is 13.6. The van der Waals surface area contributed by atoms with Crippen molar-refractivity contribution in [2.45, 2.75) is 6.54 Å². The van der Waals surface area contributed by atoms with Gasteiger partial charge < -0.3 is 9.30 Å². The Bertz CT molecular complexity index is 1040. The molecule has 7 heteroatoms. The molecule has 0 spiro atoms. The topological polar surface area (TPSA) is 72.7 Å². The van der Waals surface area contributed by atoms with Crippen molar-refractivity contribution in [3.63, 3.8) is 0 Å². The molecule has 0 aliphatic carbocycles. The molecule has 0 saturated carbocycles. The van der Waals surface area contributed by atoms with Gasteiger partial charge in [0.25, 0.3) is 11.5 Å². The normalized spacial score (nSPS) is 10.8. The largest absolute Gasteiger partial charge is 0.497 e. The summed E-state index contributed by atoms with van der Waals surface area (Å²) in [4.78, 5) is 24.9. The van der Waals surface area contributed by atoms with Gasteiger partial charge in [-0.05, 0) is 47.5 Å². The number of aromatic nitrogens is 1. The number of halogens is 1. The van der Waals surface area contributed by atoms with Crippen LogP contribution in [0, 0.1) is 5.82 Å². The number of ether oxygens (including phenoxy) is 1. The van der Waals surface area contributed by atoms with Crippen LogP contribution in [0.15, 0.2) is 76.8 Å². The minimum Gasteiger partial charge on any atom is -0.497 e. The number of methoxy groups -OCH3 is 1. The number of hydrazone groups is 1. The zero-order chi connectivity index (χ0) is 19.9. The number of rotatable bonds is 6. The molecule has 142 valence electrons. The van der Waals surface area contributed by atoms with Crippen LogP contribution in [0.2, 0.25) is 0 Å². The van der Waals surface area contributed by atoms with E-state index in [4.69, 9.17) is 4.74 Å². The smallest absolute Gasteiger partial charge is 0.276 e. The Kier molecular flexibility index (Phi) is 5.96. The lowest BCUT2D eigenvalue weighted by Gasteiger charge is -2.08. The van der Waals surface area contributed by atoms with Crippen molar-refractivity contribution in [3.05, 3.63) is 99.7 Å². The molecule has 6 nitrogen and oxygen atoms in total. The minimum absolute atomic E-state index is 0.0210. The third-order valence-electron chi connectivity index (χ3n) is 4.03. The van der Waals surface area contributed by atoms with Gasteiger partial charge in [0.05, 0.1) is 19.9 Å². The van der Waals surface area contributed by atoms with E-state index in [1.807, 2.05) is 12.1 Å². The molecule has 1 aromatic heterocycles. The number of hydrogen-bond donors (Lipinski definition) is 1. The molecule has 1 N–H and O–H groups in total. The van der Waals surface area contributed by atoms with Crippen LogP contribution >= 0.6 is 0 Å². The third-order valence-corrected chi connectivity index (χ3v) is 4.03. The number of carbonyl (C=O) groups excluding carboxylic acids is 1. The average molecular weight is 379 g/mol. The second kappa shape index (κ2) is 8.77. The van der Waals surface area contributed by atoms with E-state index < -0.39 is 11.5 Å². The summed E-state index contributed by atoms with van der Waals surface area (Å²) in [5, 5.41) is 3.81. The summed E-state index contributed by atoms with van der Waals surface area (Å²) >= 11 is 0. The van der Waals surface area contributed by atoms with Crippen LogP contribution < -0.4 is 15.7 Å². The van der Waals surface area contributed by atoms with Crippen molar-refractivity contribution in [1.82, 2.24) is 9.99 Å². The molecule has 3 aromatic rings. The summed E-state index contributed by atoms with van der Waals surface area (Å²) in [5.41, 5.74) is 3.39. The van der Waals surface area contributed by atoms with E-state index in [1.165, 1.54) is 41.1 Å². The Balaban J connectivity index is 1.71. The summed E-state index contributed by atoms with van der Waals surface area (Å²) in [6.07, 6.45) is 2.99. The maximum atomic E-state index is 12.9. The Morgan fingerprint density at radius 2 is 1.86 bits per heavy atom. The van der Waals surface area contributed by atoms with Crippen LogP contribution in [0.1, 0.15) is 21.5 Å². The second-order valence-electron chi connectivity index (χ2n) is 5.95. The number of pyridine rings is 1. The molecular weight excluding hydrogens is 361 g/mol. The Morgan fingerprint density at radius 3 is 2.54 bits per heavy atom. The molecule has 0 fully saturated rings. The quantitative estimate of drug-likeness (QED) is 0.529. The van der Waals surface area contributed by atoms with E-state index in [9.17, 15) is 14.0 Å². The summed E-state index contributed by atoms with van der Waals surface area (Å²) in [5.74, 6) is -0.251. The molecule has 3 rings (SSSR count). The van der Waals surface area contributed by atoms with Crippen molar-refractivity contribution < 1.29 is 13.9 Å². The van der Waals surface area contributed by atoms with E-state index in [1.54, 1.807) is 31.5 Å². The van der Waals surface area contributed by atoms with Crippen molar-refractivity contribution in [3.8, 4) is 5.75 Å². The molecule has 2 aromatic carbocycles. The molecule has 0 bridgehead atoms. The number of amides is 1. The highest BCUT2D eigenvalue weighted by atomic mass is 19.1. The lowest BCUT2D eigenvalue weighted by Crippen LogP contribution is -2.30. The van der Waals surface area contributed by atoms with E-state index in [0.717, 1.165) is 11.3 Å². The highest BCUT2D eigenvalue weighted by Gasteiger charge is 2.11. The summed E-state index contributed by atoms with van der Waals surface area (Å²) < 4.78 is 19.4. The van der Waals surface area contributed by atoms with E-state index in [-0.39, 0.29) is 11.4 Å². The Hall–Kier alpha value is -3.74. The Morgan fingerprint density at radius 1 is 1.14 bits per heavy atom. The van der Waals surface area contributed by atoms with Crippen LogP contribution in [0.25, 0.3) is 0 Å². The zero-order valence-corrected chi connectivity index (χ0v) is 15.1. The fraction of sp³-hybridized carbons (Fsp3) is 0.0952. The minimum atomic E-state index is -0.618. The molecule has 0 atom stereocenters. The number of benzene rings is 2. The van der Waals surface area contributed by atoms with Gasteiger partial charge in [0.1, 0.15) is 17.1 Å². The molecule has 0 saturated heterocycles. The molecule has 0 radical (unpaired) electrons. The SMILES string of the molecule is COc1ccc(Cn2cccc(C(=O)N/N=C\c3ccc(F)cc3)c2=O)cc1. The maximum Gasteiger partial charge on any atom is 0.276 e. The molecule has 1 heterocycles. The fourth-order valence-electron chi connectivity index (χ4n) is 2.54. The van der Waals surface area contributed by atoms with Gasteiger partial charge in [0.15, 0.2) is 0 Å². The highest BCUT2D eigenvalue weighted by molar-refractivity contribution is 5.94. The van der Waals surface area contributed by atoms with Gasteiger partial charge in [-0.1, -0.05) is 24.3 Å². The van der Waals surface area contributed by atoms with Gasteiger partial charge in [-0.3, -0.25) is 9.59 Å². The summed E-state index contributed by atoms with van der Waals surface area (Å²) in [6, 6.07) is 16.0. The lowest BCUT2D eigenvalue weighted by molar-refractivity contribution is 0.0953. The molecule has 0 aliphatic rings. The first kappa shape index (κ1) is 19.0. The number of nitrogens with one attached hydrogen (secondary N) is 1. The summed E-state index contributed by atoms with van der Waals surface area (Å²) in [7, 11) is 1.58. The van der Waals surface area contributed by atoms with Crippen molar-refractivity contribution in [2.24, 2.45) is 5.10 Å². The van der Waals surface area contributed by atoms with Crippen LogP contribution in [0.5, 0.6) is 5.75 Å². The standard InChI is InChI=1S/C21H18FN3O3/c1-28-18-10-6-16(7-11-18)14-25-12-2-3-19(21(25)27)20(26)24-23-13-15-4-8-17(22)9-5-15/h2-13H,14H2,1H3,(H,24,26)/b23-13-. The van der Waals surface area contributed by atoms with Gasteiger partial charge in [-0.15, -0.1) is 0 Å². The monoisotopic (exact) mass is 379 g/mol. The van der Waals surface area contributed by atoms with E-state index in [0.29, 0.717) is 12.1 Å². The molecule has 0 unspecified atom stereocenters. The predicted octanol–water partition coefficient (Wildman–Crippen LogP) is 2.81. The van der Waals surface area contributed by atoms with Crippen molar-refractivity contribution in [1.29, 1.82) is 0 Å². The zero-order valence-electron chi connectivity index (χ0n) is 15.1. The fourth-order valence-corrected chi connectivity index (χ4v) is 2.54. The first-order valence-electron chi connectivity index (χ1n) is 8.48. The van der Waals surface area contributed by atoms with Crippen LogP contribution in [0.4, 0.5) is 4.39 Å². The van der Waals surface area contributed by atoms with Gasteiger partial charge >= 0.3 is 0 Å². The molecule has 28 heavy (non-hydrogen) atoms. The Labute approximate surface area is 160 Å². The second-order valence-corrected chi connectivity index (χ2v) is 5.95. The van der Waals surface area contributed by atoms with Gasteiger partial charge in [0.2, 0.25) is 0 Å². The number of nitrogens with zero attached hydrogens (tertiary/aromatic N) is 2. The van der Waals surface area contributed by atoms with Gasteiger partial charge in [-0.2, -0.15) is 5.10 Å². The van der Waals surface area contributed by atoms with E-state index >= 15 is 0 Å². The molecule has 0 aliphatic heterocycles. The van der Waals surface area contributed by atoms with Gasteiger partial charge in [0, 0.05) is 6.20 Å². The highest BCUT2D eigenvalue weighted by Crippen LogP contribution is 2.12. The molecular formula is C21H18FN3O3. The lowest BCUT2D eigenvalue weighted by atomic mass is 10.2. The van der Waals surface area contributed by atoms with Crippen molar-refractivity contribution in [2.75, 3.05) is 7.11 Å².